The predicted octanol–water partition coefficient (Wildman–Crippen LogP) is 3.64. The van der Waals surface area contributed by atoms with Crippen LogP contribution in [-0.2, 0) is 21.7 Å². The molecule has 8 nitrogen and oxygen atoms in total. The van der Waals surface area contributed by atoms with Crippen LogP contribution >= 0.6 is 23.2 Å². The summed E-state index contributed by atoms with van der Waals surface area (Å²) in [5.41, 5.74) is 0.174. The number of halogens is 2. The zero-order chi connectivity index (χ0) is 22.9. The van der Waals surface area contributed by atoms with Crippen molar-refractivity contribution in [2.75, 3.05) is 11.9 Å². The minimum absolute atomic E-state index is 0.299. The number of urea groups is 1. The van der Waals surface area contributed by atoms with Crippen molar-refractivity contribution >= 4 is 46.9 Å². The summed E-state index contributed by atoms with van der Waals surface area (Å²) in [4.78, 5) is 39.0. The lowest BCUT2D eigenvalue weighted by atomic mass is 9.92. The number of hydrogen-bond donors (Lipinski definition) is 2. The van der Waals surface area contributed by atoms with Crippen molar-refractivity contribution in [2.45, 2.75) is 19.0 Å². The Balaban J connectivity index is 1.45. The van der Waals surface area contributed by atoms with Gasteiger partial charge in [-0.2, -0.15) is 5.10 Å². The Morgan fingerprint density at radius 1 is 1.12 bits per heavy atom. The maximum absolute atomic E-state index is 13.0. The molecule has 0 aliphatic carbocycles. The van der Waals surface area contributed by atoms with Crippen molar-refractivity contribution in [3.63, 3.8) is 0 Å². The van der Waals surface area contributed by atoms with Crippen molar-refractivity contribution in [1.29, 1.82) is 0 Å². The fraction of sp³-hybridized carbons (Fsp3) is 0.182. The van der Waals surface area contributed by atoms with Crippen LogP contribution in [0.4, 0.5) is 10.6 Å². The van der Waals surface area contributed by atoms with Gasteiger partial charge in [0.2, 0.25) is 5.91 Å². The quantitative estimate of drug-likeness (QED) is 0.536. The fourth-order valence-corrected chi connectivity index (χ4v) is 3.98. The zero-order valence-electron chi connectivity index (χ0n) is 17.0. The third kappa shape index (κ3) is 4.19. The van der Waals surface area contributed by atoms with Crippen LogP contribution in [0, 0.1) is 0 Å². The van der Waals surface area contributed by atoms with E-state index in [1.807, 2.05) is 6.07 Å². The van der Waals surface area contributed by atoms with Crippen LogP contribution in [0.3, 0.4) is 0 Å². The first-order valence-electron chi connectivity index (χ1n) is 9.73. The Hall–Kier alpha value is -3.36. The molecular formula is C22H19Cl2N5O3. The molecule has 1 aliphatic rings. The highest BCUT2D eigenvalue weighted by molar-refractivity contribution is 6.35. The lowest BCUT2D eigenvalue weighted by molar-refractivity contribution is -0.133. The number of carbonyl (C=O) groups excluding carboxylic acids is 3. The molecule has 2 N–H and O–H groups in total. The van der Waals surface area contributed by atoms with Gasteiger partial charge in [-0.25, -0.2) is 9.48 Å². The average molecular weight is 472 g/mol. The van der Waals surface area contributed by atoms with Crippen LogP contribution in [0.15, 0.2) is 60.8 Å². The number of nitrogens with one attached hydrogen (secondary N) is 2. The summed E-state index contributed by atoms with van der Waals surface area (Å²) in [5.74, 6) is -0.626. The molecule has 2 aromatic carbocycles. The van der Waals surface area contributed by atoms with Crippen molar-refractivity contribution in [2.24, 2.45) is 0 Å². The second-order valence-electron chi connectivity index (χ2n) is 7.47. The summed E-state index contributed by atoms with van der Waals surface area (Å²) in [6, 6.07) is 15.0. The number of anilines is 1. The Labute approximate surface area is 194 Å². The van der Waals surface area contributed by atoms with Gasteiger partial charge in [-0.1, -0.05) is 59.6 Å². The van der Waals surface area contributed by atoms with E-state index in [1.54, 1.807) is 60.1 Å². The standard InChI is InChI=1S/C22H19Cl2N5O3/c1-22(15-5-3-2-4-6-15)20(31)28(21(32)27-22)13-19(30)26-18-9-10-25-29(18)12-14-7-8-16(23)11-17(14)24/h2-11H,12-13H2,1H3,(H,26,30)(H,27,32). The smallest absolute Gasteiger partial charge is 0.319 e. The molecule has 0 spiro atoms. The van der Waals surface area contributed by atoms with Crippen LogP contribution in [-0.4, -0.2) is 39.1 Å². The van der Waals surface area contributed by atoms with Crippen molar-refractivity contribution < 1.29 is 14.4 Å². The molecule has 0 bridgehead atoms. The molecule has 0 saturated carbocycles. The topological polar surface area (TPSA) is 96.3 Å². The Morgan fingerprint density at radius 2 is 1.88 bits per heavy atom. The van der Waals surface area contributed by atoms with Gasteiger partial charge in [0.25, 0.3) is 5.91 Å². The van der Waals surface area contributed by atoms with Crippen molar-refractivity contribution in [3.05, 3.63) is 82.0 Å². The lowest BCUT2D eigenvalue weighted by Crippen LogP contribution is -2.42. The number of imide groups is 1. The molecule has 32 heavy (non-hydrogen) atoms. The first-order chi connectivity index (χ1) is 15.3. The number of hydrogen-bond acceptors (Lipinski definition) is 4. The molecule has 1 atom stereocenters. The Kier molecular flexibility index (Phi) is 5.90. The lowest BCUT2D eigenvalue weighted by Gasteiger charge is -2.22. The highest BCUT2D eigenvalue weighted by Gasteiger charge is 2.49. The van der Waals surface area contributed by atoms with Gasteiger partial charge in [0.05, 0.1) is 12.7 Å². The highest BCUT2D eigenvalue weighted by atomic mass is 35.5. The minimum atomic E-state index is -1.23. The molecule has 0 radical (unpaired) electrons. The van der Waals surface area contributed by atoms with Gasteiger partial charge >= 0.3 is 6.03 Å². The molecular weight excluding hydrogens is 453 g/mol. The van der Waals surface area contributed by atoms with E-state index in [-0.39, 0.29) is 0 Å². The van der Waals surface area contributed by atoms with E-state index < -0.39 is 29.9 Å². The molecule has 1 saturated heterocycles. The SMILES string of the molecule is CC1(c2ccccc2)NC(=O)N(CC(=O)Nc2ccnn2Cc2ccc(Cl)cc2Cl)C1=O. The van der Waals surface area contributed by atoms with Crippen LogP contribution in [0.25, 0.3) is 0 Å². The maximum atomic E-state index is 13.0. The monoisotopic (exact) mass is 471 g/mol. The zero-order valence-corrected chi connectivity index (χ0v) is 18.5. The summed E-state index contributed by atoms with van der Waals surface area (Å²) in [6.07, 6.45) is 1.53. The first-order valence-corrected chi connectivity index (χ1v) is 10.5. The van der Waals surface area contributed by atoms with Gasteiger partial charge in [0, 0.05) is 16.1 Å². The Morgan fingerprint density at radius 3 is 2.59 bits per heavy atom. The van der Waals surface area contributed by atoms with Gasteiger partial charge in [0.15, 0.2) is 0 Å². The number of benzene rings is 2. The van der Waals surface area contributed by atoms with Gasteiger partial charge in [0.1, 0.15) is 17.9 Å². The molecule has 4 amide bonds. The van der Waals surface area contributed by atoms with E-state index in [0.29, 0.717) is 28.0 Å². The molecule has 164 valence electrons. The largest absolute Gasteiger partial charge is 0.325 e. The fourth-order valence-electron chi connectivity index (χ4n) is 3.51. The van der Waals surface area contributed by atoms with Crippen LogP contribution in [0.5, 0.6) is 0 Å². The molecule has 1 unspecified atom stereocenters. The van der Waals surface area contributed by atoms with Crippen LogP contribution in [0.1, 0.15) is 18.1 Å². The number of carbonyl (C=O) groups is 3. The van der Waals surface area contributed by atoms with E-state index in [1.165, 1.54) is 6.20 Å². The van der Waals surface area contributed by atoms with Gasteiger partial charge in [-0.05, 0) is 30.2 Å². The number of amides is 4. The van der Waals surface area contributed by atoms with E-state index in [2.05, 4.69) is 15.7 Å². The van der Waals surface area contributed by atoms with E-state index in [0.717, 1.165) is 10.5 Å². The molecule has 1 aromatic heterocycles. The third-order valence-electron chi connectivity index (χ3n) is 5.25. The molecule has 3 aromatic rings. The van der Waals surface area contributed by atoms with Crippen molar-refractivity contribution in [1.82, 2.24) is 20.0 Å². The predicted molar refractivity (Wildman–Crippen MR) is 120 cm³/mol. The van der Waals surface area contributed by atoms with Crippen LogP contribution < -0.4 is 10.6 Å². The summed E-state index contributed by atoms with van der Waals surface area (Å²) in [7, 11) is 0. The molecule has 4 rings (SSSR count). The maximum Gasteiger partial charge on any atom is 0.325 e. The van der Waals surface area contributed by atoms with E-state index in [4.69, 9.17) is 23.2 Å². The summed E-state index contributed by atoms with van der Waals surface area (Å²) < 4.78 is 1.55. The summed E-state index contributed by atoms with van der Waals surface area (Å²) in [5, 5.41) is 10.6. The normalized spacial score (nSPS) is 18.0. The average Bonchev–Trinajstić information content (AvgIpc) is 3.28. The number of nitrogens with zero attached hydrogens (tertiary/aromatic N) is 3. The second kappa shape index (κ2) is 8.64. The summed E-state index contributed by atoms with van der Waals surface area (Å²) in [6.45, 7) is 1.49. The Bertz CT molecular complexity index is 1200. The van der Waals surface area contributed by atoms with E-state index >= 15 is 0 Å². The number of aromatic nitrogens is 2. The summed E-state index contributed by atoms with van der Waals surface area (Å²) >= 11 is 12.2. The molecule has 10 heteroatoms. The van der Waals surface area contributed by atoms with Crippen molar-refractivity contribution in [3.8, 4) is 0 Å². The van der Waals surface area contributed by atoms with Gasteiger partial charge < -0.3 is 10.6 Å². The highest BCUT2D eigenvalue weighted by Crippen LogP contribution is 2.28. The molecule has 1 fully saturated rings. The third-order valence-corrected chi connectivity index (χ3v) is 5.83. The minimum Gasteiger partial charge on any atom is -0.319 e. The molecule has 1 aliphatic heterocycles. The first kappa shape index (κ1) is 21.9. The second-order valence-corrected chi connectivity index (χ2v) is 8.31. The number of rotatable bonds is 6. The van der Waals surface area contributed by atoms with E-state index in [9.17, 15) is 14.4 Å². The van der Waals surface area contributed by atoms with Gasteiger partial charge in [-0.15, -0.1) is 0 Å². The van der Waals surface area contributed by atoms with Gasteiger partial charge in [-0.3, -0.25) is 14.5 Å². The molecule has 2 heterocycles. The van der Waals surface area contributed by atoms with Crippen LogP contribution in [0.2, 0.25) is 10.0 Å².